The van der Waals surface area contributed by atoms with Gasteiger partial charge in [-0.3, -0.25) is 4.79 Å². The molecule has 6 nitrogen and oxygen atoms in total. The van der Waals surface area contributed by atoms with Crippen molar-refractivity contribution in [1.29, 1.82) is 0 Å². The molecule has 2 aromatic carbocycles. The van der Waals surface area contributed by atoms with Gasteiger partial charge in [-0.15, -0.1) is 0 Å². The van der Waals surface area contributed by atoms with E-state index in [9.17, 15) is 25.2 Å². The fourth-order valence-corrected chi connectivity index (χ4v) is 2.34. The number of ketones is 1. The first-order chi connectivity index (χ1) is 11.8. The predicted octanol–water partition coefficient (Wildman–Crippen LogP) is 3.36. The Balaban J connectivity index is 2.18. The Morgan fingerprint density at radius 1 is 1.00 bits per heavy atom. The van der Waals surface area contributed by atoms with Crippen molar-refractivity contribution in [3.05, 3.63) is 41.5 Å². The number of hydrogen-bond donors (Lipinski definition) is 4. The van der Waals surface area contributed by atoms with Gasteiger partial charge in [0.25, 0.3) is 0 Å². The van der Waals surface area contributed by atoms with Gasteiger partial charge in [0.05, 0.1) is 6.61 Å². The maximum atomic E-state index is 12.5. The third-order valence-electron chi connectivity index (χ3n) is 3.60. The molecule has 134 valence electrons. The molecule has 0 unspecified atom stereocenters. The molecule has 0 radical (unpaired) electrons. The molecule has 0 aliphatic heterocycles. The van der Waals surface area contributed by atoms with E-state index < -0.39 is 0 Å². The highest BCUT2D eigenvalue weighted by Crippen LogP contribution is 2.34. The van der Waals surface area contributed by atoms with Gasteiger partial charge in [-0.25, -0.2) is 0 Å². The predicted molar refractivity (Wildman–Crippen MR) is 92.5 cm³/mol. The normalized spacial score (nSPS) is 10.8. The van der Waals surface area contributed by atoms with E-state index in [-0.39, 0.29) is 52.4 Å². The molecule has 4 N–H and O–H groups in total. The van der Waals surface area contributed by atoms with Crippen LogP contribution in [-0.2, 0) is 6.42 Å². The maximum Gasteiger partial charge on any atom is 0.170 e. The van der Waals surface area contributed by atoms with Gasteiger partial charge in [0, 0.05) is 18.6 Å². The fraction of sp³-hybridized carbons (Fsp3) is 0.316. The summed E-state index contributed by atoms with van der Waals surface area (Å²) in [6.45, 7) is 4.23. The van der Waals surface area contributed by atoms with Crippen LogP contribution in [0.3, 0.4) is 0 Å². The van der Waals surface area contributed by atoms with Gasteiger partial charge < -0.3 is 25.2 Å². The van der Waals surface area contributed by atoms with Crippen LogP contribution >= 0.6 is 0 Å². The first kappa shape index (κ1) is 18.4. The number of hydrogen-bond acceptors (Lipinski definition) is 6. The van der Waals surface area contributed by atoms with Crippen molar-refractivity contribution in [1.82, 2.24) is 0 Å². The summed E-state index contributed by atoms with van der Waals surface area (Å²) in [4.78, 5) is 12.5. The second-order valence-electron chi connectivity index (χ2n) is 6.29. The van der Waals surface area contributed by atoms with E-state index in [2.05, 4.69) is 0 Å². The van der Waals surface area contributed by atoms with Crippen LogP contribution in [0.4, 0.5) is 0 Å². The molecule has 0 spiro atoms. The summed E-state index contributed by atoms with van der Waals surface area (Å²) in [6.07, 6.45) is 0.386. The molecular weight excluding hydrogens is 324 g/mol. The Hall–Kier alpha value is -2.89. The Bertz CT molecular complexity index is 767. The standard InChI is InChI=1S/C19H22O6/c1-11(2)10-25-18-9-13(20)8-17(24)19(18)15(22)6-4-12-3-5-14(21)16(23)7-12/h3,5,7-9,11,20-21,23-24H,4,6,10H2,1-2H3. The summed E-state index contributed by atoms with van der Waals surface area (Å²) < 4.78 is 5.55. The minimum atomic E-state index is -0.344. The molecule has 0 aliphatic carbocycles. The maximum absolute atomic E-state index is 12.5. The van der Waals surface area contributed by atoms with Crippen LogP contribution in [-0.4, -0.2) is 32.8 Å². The summed E-state index contributed by atoms with van der Waals surface area (Å²) in [5.74, 6) is -0.983. The molecular formula is C19H22O6. The van der Waals surface area contributed by atoms with Gasteiger partial charge in [-0.1, -0.05) is 19.9 Å². The molecule has 6 heteroatoms. The van der Waals surface area contributed by atoms with Crippen LogP contribution in [0, 0.1) is 5.92 Å². The van der Waals surface area contributed by atoms with Crippen molar-refractivity contribution in [2.45, 2.75) is 26.7 Å². The number of phenols is 4. The van der Waals surface area contributed by atoms with Crippen molar-refractivity contribution in [2.24, 2.45) is 5.92 Å². The van der Waals surface area contributed by atoms with Gasteiger partial charge in [0.1, 0.15) is 22.8 Å². The lowest BCUT2D eigenvalue weighted by Gasteiger charge is -2.14. The first-order valence-corrected chi connectivity index (χ1v) is 8.00. The fourth-order valence-electron chi connectivity index (χ4n) is 2.34. The van der Waals surface area contributed by atoms with Crippen molar-refractivity contribution >= 4 is 5.78 Å². The first-order valence-electron chi connectivity index (χ1n) is 8.00. The van der Waals surface area contributed by atoms with Crippen LogP contribution in [0.2, 0.25) is 0 Å². The number of carbonyl (C=O) groups excluding carboxylic acids is 1. The van der Waals surface area contributed by atoms with Crippen molar-refractivity contribution in [3.8, 4) is 28.7 Å². The van der Waals surface area contributed by atoms with Crippen LogP contribution in [0.5, 0.6) is 28.7 Å². The molecule has 0 heterocycles. The van der Waals surface area contributed by atoms with E-state index in [0.29, 0.717) is 18.6 Å². The number of Topliss-reactive ketones (excluding diaryl/α,β-unsaturated/α-hetero) is 1. The Morgan fingerprint density at radius 2 is 1.72 bits per heavy atom. The lowest BCUT2D eigenvalue weighted by atomic mass is 10.0. The number of phenolic OH excluding ortho intramolecular Hbond substituents is 4. The highest BCUT2D eigenvalue weighted by atomic mass is 16.5. The number of carbonyl (C=O) groups is 1. The van der Waals surface area contributed by atoms with Gasteiger partial charge in [-0.2, -0.15) is 0 Å². The Kier molecular flexibility index (Phi) is 5.75. The number of rotatable bonds is 7. The molecule has 2 aromatic rings. The minimum Gasteiger partial charge on any atom is -0.508 e. The highest BCUT2D eigenvalue weighted by molar-refractivity contribution is 6.01. The molecule has 0 aromatic heterocycles. The Labute approximate surface area is 145 Å². The summed E-state index contributed by atoms with van der Waals surface area (Å²) in [5, 5.41) is 38.5. The molecule has 0 bridgehead atoms. The molecule has 0 atom stereocenters. The molecule has 0 saturated heterocycles. The largest absolute Gasteiger partial charge is 0.508 e. The third kappa shape index (κ3) is 4.79. The minimum absolute atomic E-state index is 0.0291. The van der Waals surface area contributed by atoms with E-state index in [1.807, 2.05) is 13.8 Å². The van der Waals surface area contributed by atoms with Crippen molar-refractivity contribution < 1.29 is 30.0 Å². The lowest BCUT2D eigenvalue weighted by molar-refractivity contribution is 0.0975. The van der Waals surface area contributed by atoms with Crippen LogP contribution in [0.25, 0.3) is 0 Å². The lowest BCUT2D eigenvalue weighted by Crippen LogP contribution is -2.09. The van der Waals surface area contributed by atoms with Gasteiger partial charge in [-0.05, 0) is 30.0 Å². The number of benzene rings is 2. The summed E-state index contributed by atoms with van der Waals surface area (Å²) in [7, 11) is 0. The summed E-state index contributed by atoms with van der Waals surface area (Å²) in [5.41, 5.74) is 0.702. The van der Waals surface area contributed by atoms with E-state index in [4.69, 9.17) is 4.74 Å². The van der Waals surface area contributed by atoms with Crippen molar-refractivity contribution in [2.75, 3.05) is 6.61 Å². The van der Waals surface area contributed by atoms with Crippen LogP contribution < -0.4 is 4.74 Å². The van der Waals surface area contributed by atoms with Crippen molar-refractivity contribution in [3.63, 3.8) is 0 Å². The zero-order valence-corrected chi connectivity index (χ0v) is 14.2. The molecule has 2 rings (SSSR count). The van der Waals surface area contributed by atoms with E-state index in [1.54, 1.807) is 6.07 Å². The third-order valence-corrected chi connectivity index (χ3v) is 3.60. The highest BCUT2D eigenvalue weighted by Gasteiger charge is 2.19. The summed E-state index contributed by atoms with van der Waals surface area (Å²) in [6, 6.07) is 6.75. The zero-order chi connectivity index (χ0) is 18.6. The molecule has 0 amide bonds. The van der Waals surface area contributed by atoms with E-state index in [0.717, 1.165) is 6.07 Å². The second-order valence-corrected chi connectivity index (χ2v) is 6.29. The van der Waals surface area contributed by atoms with Crippen LogP contribution in [0.1, 0.15) is 36.2 Å². The quantitative estimate of drug-likeness (QED) is 0.452. The SMILES string of the molecule is CC(C)COc1cc(O)cc(O)c1C(=O)CCc1ccc(O)c(O)c1. The Morgan fingerprint density at radius 3 is 2.36 bits per heavy atom. The number of ether oxygens (including phenoxy) is 1. The van der Waals surface area contributed by atoms with Crippen LogP contribution in [0.15, 0.2) is 30.3 Å². The topological polar surface area (TPSA) is 107 Å². The average molecular weight is 346 g/mol. The average Bonchev–Trinajstić information content (AvgIpc) is 2.53. The smallest absolute Gasteiger partial charge is 0.170 e. The van der Waals surface area contributed by atoms with Gasteiger partial charge in [0.2, 0.25) is 0 Å². The van der Waals surface area contributed by atoms with Gasteiger partial charge in [0.15, 0.2) is 17.3 Å². The molecule has 0 fully saturated rings. The monoisotopic (exact) mass is 346 g/mol. The second kappa shape index (κ2) is 7.79. The number of aryl methyl sites for hydroxylation is 1. The molecule has 25 heavy (non-hydrogen) atoms. The molecule has 0 saturated carbocycles. The van der Waals surface area contributed by atoms with E-state index >= 15 is 0 Å². The summed E-state index contributed by atoms with van der Waals surface area (Å²) >= 11 is 0. The van der Waals surface area contributed by atoms with E-state index in [1.165, 1.54) is 18.2 Å². The zero-order valence-electron chi connectivity index (χ0n) is 14.2. The number of aromatic hydroxyl groups is 4. The van der Waals surface area contributed by atoms with Gasteiger partial charge >= 0.3 is 0 Å². The molecule has 0 aliphatic rings.